The van der Waals surface area contributed by atoms with Gasteiger partial charge in [0, 0.05) is 11.7 Å². The third-order valence-corrected chi connectivity index (χ3v) is 3.03. The molecule has 0 atom stereocenters. The summed E-state index contributed by atoms with van der Waals surface area (Å²) in [6, 6.07) is 13.9. The highest BCUT2D eigenvalue weighted by Crippen LogP contribution is 2.19. The molecule has 0 amide bonds. The second-order valence-corrected chi connectivity index (χ2v) is 4.34. The maximum atomic E-state index is 8.94. The van der Waals surface area contributed by atoms with Crippen LogP contribution in [-0.4, -0.2) is 4.57 Å². The molecule has 0 N–H and O–H groups in total. The molecule has 0 spiro atoms. The van der Waals surface area contributed by atoms with Gasteiger partial charge in [0.2, 0.25) is 0 Å². The number of hydrogen-bond donors (Lipinski definition) is 0. The molecule has 3 rings (SSSR count). The van der Waals surface area contributed by atoms with Crippen molar-refractivity contribution in [3.8, 4) is 6.07 Å². The molecule has 0 fully saturated rings. The van der Waals surface area contributed by atoms with Crippen LogP contribution in [0.5, 0.6) is 0 Å². The molecular weight excluding hydrogens is 224 g/mol. The minimum atomic E-state index is 0.679. The van der Waals surface area contributed by atoms with Crippen LogP contribution >= 0.6 is 0 Å². The molecule has 18 heavy (non-hydrogen) atoms. The zero-order valence-electron chi connectivity index (χ0n) is 10.1. The lowest BCUT2D eigenvalue weighted by atomic mass is 10.2. The summed E-state index contributed by atoms with van der Waals surface area (Å²) in [7, 11) is 0. The Morgan fingerprint density at radius 2 is 2.11 bits per heavy atom. The normalized spacial score (nSPS) is 10.7. The molecule has 0 saturated heterocycles. The smallest absolute Gasteiger partial charge is 0.123 e. The molecule has 88 valence electrons. The van der Waals surface area contributed by atoms with E-state index in [4.69, 9.17) is 9.68 Å². The Balaban J connectivity index is 2.04. The maximum Gasteiger partial charge on any atom is 0.123 e. The molecule has 3 heteroatoms. The van der Waals surface area contributed by atoms with E-state index in [1.165, 1.54) is 0 Å². The largest absolute Gasteiger partial charge is 0.464 e. The number of fused-ring (bicyclic) bond motifs is 1. The van der Waals surface area contributed by atoms with Gasteiger partial charge in [0.25, 0.3) is 0 Å². The average Bonchev–Trinajstić information content (AvgIpc) is 2.96. The SMILES string of the molecule is Cc1ccc(Cn2ccc3ccc(C#N)cc32)o1. The predicted molar refractivity (Wildman–Crippen MR) is 69.2 cm³/mol. The Bertz CT molecular complexity index is 743. The van der Waals surface area contributed by atoms with E-state index in [0.717, 1.165) is 22.4 Å². The Labute approximate surface area is 105 Å². The third-order valence-electron chi connectivity index (χ3n) is 3.03. The molecule has 3 nitrogen and oxygen atoms in total. The van der Waals surface area contributed by atoms with Crippen molar-refractivity contribution in [1.82, 2.24) is 4.57 Å². The van der Waals surface area contributed by atoms with Crippen molar-refractivity contribution < 1.29 is 4.42 Å². The van der Waals surface area contributed by atoms with Crippen molar-refractivity contribution >= 4 is 10.9 Å². The molecular formula is C15H12N2O. The second-order valence-electron chi connectivity index (χ2n) is 4.34. The highest BCUT2D eigenvalue weighted by Gasteiger charge is 2.05. The number of furan rings is 1. The molecule has 0 saturated carbocycles. The number of rotatable bonds is 2. The molecule has 0 unspecified atom stereocenters. The highest BCUT2D eigenvalue weighted by molar-refractivity contribution is 5.81. The minimum Gasteiger partial charge on any atom is -0.464 e. The Hall–Kier alpha value is -2.47. The van der Waals surface area contributed by atoms with Crippen LogP contribution in [0.4, 0.5) is 0 Å². The van der Waals surface area contributed by atoms with Crippen LogP contribution in [0.1, 0.15) is 17.1 Å². The van der Waals surface area contributed by atoms with Crippen LogP contribution in [0, 0.1) is 18.3 Å². The summed E-state index contributed by atoms with van der Waals surface area (Å²) in [4.78, 5) is 0. The second kappa shape index (κ2) is 4.08. The molecule has 0 radical (unpaired) electrons. The van der Waals surface area contributed by atoms with Crippen LogP contribution in [0.25, 0.3) is 10.9 Å². The summed E-state index contributed by atoms with van der Waals surface area (Å²) in [5, 5.41) is 10.1. The van der Waals surface area contributed by atoms with Gasteiger partial charge in [-0.05, 0) is 42.6 Å². The predicted octanol–water partition coefficient (Wildman–Crippen LogP) is 3.46. The van der Waals surface area contributed by atoms with Crippen molar-refractivity contribution in [1.29, 1.82) is 5.26 Å². The van der Waals surface area contributed by atoms with E-state index in [1.807, 2.05) is 49.5 Å². The van der Waals surface area contributed by atoms with Gasteiger partial charge in [-0.15, -0.1) is 0 Å². The van der Waals surface area contributed by atoms with Crippen molar-refractivity contribution in [2.24, 2.45) is 0 Å². The van der Waals surface area contributed by atoms with Gasteiger partial charge < -0.3 is 8.98 Å². The van der Waals surface area contributed by atoms with Gasteiger partial charge in [-0.25, -0.2) is 0 Å². The summed E-state index contributed by atoms with van der Waals surface area (Å²) in [6.45, 7) is 2.62. The first-order chi connectivity index (χ1) is 8.76. The molecule has 2 heterocycles. The number of benzene rings is 1. The van der Waals surface area contributed by atoms with Crippen molar-refractivity contribution in [2.75, 3.05) is 0 Å². The van der Waals surface area contributed by atoms with Gasteiger partial charge in [0.15, 0.2) is 0 Å². The lowest BCUT2D eigenvalue weighted by Crippen LogP contribution is -1.96. The summed E-state index contributed by atoms with van der Waals surface area (Å²) in [5.41, 5.74) is 1.74. The fraction of sp³-hybridized carbons (Fsp3) is 0.133. The van der Waals surface area contributed by atoms with E-state index in [0.29, 0.717) is 12.1 Å². The molecule has 2 aromatic heterocycles. The molecule has 0 bridgehead atoms. The van der Waals surface area contributed by atoms with Crippen LogP contribution in [0.3, 0.4) is 0 Å². The Morgan fingerprint density at radius 1 is 1.22 bits per heavy atom. The van der Waals surface area contributed by atoms with E-state index >= 15 is 0 Å². The Kier molecular flexibility index (Phi) is 2.42. The third kappa shape index (κ3) is 1.78. The lowest BCUT2D eigenvalue weighted by Gasteiger charge is -2.03. The number of hydrogen-bond acceptors (Lipinski definition) is 2. The van der Waals surface area contributed by atoms with E-state index in [-0.39, 0.29) is 0 Å². The molecule has 1 aromatic carbocycles. The van der Waals surface area contributed by atoms with Crippen LogP contribution in [0.15, 0.2) is 47.0 Å². The van der Waals surface area contributed by atoms with Gasteiger partial charge >= 0.3 is 0 Å². The van der Waals surface area contributed by atoms with Gasteiger partial charge in [-0.2, -0.15) is 5.26 Å². The van der Waals surface area contributed by atoms with E-state index in [9.17, 15) is 0 Å². The van der Waals surface area contributed by atoms with Crippen LogP contribution < -0.4 is 0 Å². The topological polar surface area (TPSA) is 41.9 Å². The standard InChI is InChI=1S/C15H12N2O/c1-11-2-5-14(18-11)10-17-7-6-13-4-3-12(9-16)8-15(13)17/h2-8H,10H2,1H3. The lowest BCUT2D eigenvalue weighted by molar-refractivity contribution is 0.473. The first-order valence-electron chi connectivity index (χ1n) is 5.80. The van der Waals surface area contributed by atoms with Crippen molar-refractivity contribution in [2.45, 2.75) is 13.5 Å². The van der Waals surface area contributed by atoms with Gasteiger partial charge in [-0.3, -0.25) is 0 Å². The number of aromatic nitrogens is 1. The number of nitrogens with zero attached hydrogens (tertiary/aromatic N) is 2. The monoisotopic (exact) mass is 236 g/mol. The fourth-order valence-corrected chi connectivity index (χ4v) is 2.13. The fourth-order valence-electron chi connectivity index (χ4n) is 2.13. The summed E-state index contributed by atoms with van der Waals surface area (Å²) >= 11 is 0. The van der Waals surface area contributed by atoms with E-state index in [2.05, 4.69) is 10.6 Å². The minimum absolute atomic E-state index is 0.679. The Morgan fingerprint density at radius 3 is 2.83 bits per heavy atom. The van der Waals surface area contributed by atoms with Gasteiger partial charge in [0.1, 0.15) is 11.5 Å². The molecule has 0 aliphatic rings. The average molecular weight is 236 g/mol. The zero-order chi connectivity index (χ0) is 12.5. The first kappa shape index (κ1) is 10.7. The number of aryl methyl sites for hydroxylation is 1. The summed E-state index contributed by atoms with van der Waals surface area (Å²) in [5.74, 6) is 1.84. The van der Waals surface area contributed by atoms with Crippen molar-refractivity contribution in [3.05, 3.63) is 59.7 Å². The first-order valence-corrected chi connectivity index (χ1v) is 5.80. The summed E-state index contributed by atoms with van der Waals surface area (Å²) in [6.07, 6.45) is 2.02. The molecule has 0 aliphatic heterocycles. The molecule has 0 aliphatic carbocycles. The number of nitriles is 1. The van der Waals surface area contributed by atoms with E-state index < -0.39 is 0 Å². The van der Waals surface area contributed by atoms with E-state index in [1.54, 1.807) is 0 Å². The van der Waals surface area contributed by atoms with Crippen LogP contribution in [0.2, 0.25) is 0 Å². The molecule has 3 aromatic rings. The summed E-state index contributed by atoms with van der Waals surface area (Å²) < 4.78 is 7.67. The zero-order valence-corrected chi connectivity index (χ0v) is 10.1. The van der Waals surface area contributed by atoms with Crippen molar-refractivity contribution in [3.63, 3.8) is 0 Å². The maximum absolute atomic E-state index is 8.94. The quantitative estimate of drug-likeness (QED) is 0.683. The highest BCUT2D eigenvalue weighted by atomic mass is 16.3. The van der Waals surface area contributed by atoms with Gasteiger partial charge in [-0.1, -0.05) is 6.07 Å². The van der Waals surface area contributed by atoms with Gasteiger partial charge in [0.05, 0.1) is 18.2 Å². The van der Waals surface area contributed by atoms with Crippen LogP contribution in [-0.2, 0) is 6.54 Å².